The average molecular weight is 530 g/mol. The molecule has 0 aliphatic rings. The molecule has 0 saturated carbocycles. The van der Waals surface area contributed by atoms with Crippen molar-refractivity contribution >= 4 is 52.6 Å². The minimum atomic E-state index is -3.18. The van der Waals surface area contributed by atoms with Gasteiger partial charge < -0.3 is 0 Å². The summed E-state index contributed by atoms with van der Waals surface area (Å²) >= 11 is 7.88. The molecule has 4 rings (SSSR count). The van der Waals surface area contributed by atoms with E-state index in [1.54, 1.807) is 6.07 Å². The molecule has 0 atom stereocenters. The summed E-state index contributed by atoms with van der Waals surface area (Å²) in [5, 5.41) is 0.344. The molecule has 0 saturated heterocycles. The maximum atomic E-state index is 15.0. The standard InChI is InChI=1S/C25H20Br2FP/c26-21-16-17-25(28)20(18-21)19-29(27,22-10-4-1-5-11-22,23-12-6-2-7-13-23)24-14-8-3-9-15-24/h1-18H,19H2. The van der Waals surface area contributed by atoms with Gasteiger partial charge in [-0.05, 0) is 0 Å². The van der Waals surface area contributed by atoms with Crippen LogP contribution in [0.5, 0.6) is 0 Å². The Balaban J connectivity index is 2.11. The third-order valence-electron chi connectivity index (χ3n) is 5.36. The van der Waals surface area contributed by atoms with Crippen molar-refractivity contribution in [3.8, 4) is 0 Å². The van der Waals surface area contributed by atoms with Crippen LogP contribution in [0.15, 0.2) is 114 Å². The molecule has 0 aliphatic heterocycles. The SMILES string of the molecule is Fc1ccc(Br)cc1CP(Br)(c1ccccc1)(c1ccccc1)c1ccccc1. The Hall–Kier alpha value is -1.80. The number of rotatable bonds is 5. The van der Waals surface area contributed by atoms with Crippen molar-refractivity contribution in [3.05, 3.63) is 125 Å². The van der Waals surface area contributed by atoms with Crippen molar-refractivity contribution < 1.29 is 4.39 Å². The molecule has 146 valence electrons. The van der Waals surface area contributed by atoms with Crippen LogP contribution in [0.3, 0.4) is 0 Å². The van der Waals surface area contributed by atoms with E-state index in [2.05, 4.69) is 104 Å². The Morgan fingerprint density at radius 1 is 0.621 bits per heavy atom. The molecule has 0 aromatic heterocycles. The van der Waals surface area contributed by atoms with Gasteiger partial charge in [0.2, 0.25) is 0 Å². The van der Waals surface area contributed by atoms with Gasteiger partial charge in [0.1, 0.15) is 0 Å². The van der Waals surface area contributed by atoms with Crippen molar-refractivity contribution in [1.82, 2.24) is 0 Å². The van der Waals surface area contributed by atoms with E-state index in [1.165, 1.54) is 22.0 Å². The summed E-state index contributed by atoms with van der Waals surface area (Å²) in [5.74, 6) is -0.190. The summed E-state index contributed by atoms with van der Waals surface area (Å²) in [5.41, 5.74) is 0.686. The molecule has 29 heavy (non-hydrogen) atoms. The van der Waals surface area contributed by atoms with Gasteiger partial charge in [0.25, 0.3) is 0 Å². The zero-order valence-corrected chi connectivity index (χ0v) is 19.7. The summed E-state index contributed by atoms with van der Waals surface area (Å²) in [4.78, 5) is 0. The van der Waals surface area contributed by atoms with E-state index in [-0.39, 0.29) is 5.82 Å². The third kappa shape index (κ3) is 3.61. The molecular weight excluding hydrogens is 510 g/mol. The van der Waals surface area contributed by atoms with Crippen LogP contribution in [0, 0.1) is 5.82 Å². The molecule has 0 nitrogen and oxygen atoms in total. The second kappa shape index (κ2) is 8.14. The van der Waals surface area contributed by atoms with Gasteiger partial charge in [-0.2, -0.15) is 0 Å². The molecule has 0 amide bonds. The number of hydrogen-bond acceptors (Lipinski definition) is 0. The Kier molecular flexibility index (Phi) is 5.75. The van der Waals surface area contributed by atoms with Crippen LogP contribution in [-0.2, 0) is 6.16 Å². The van der Waals surface area contributed by atoms with Gasteiger partial charge in [-0.15, -0.1) is 0 Å². The summed E-state index contributed by atoms with van der Waals surface area (Å²) in [6, 6.07) is 36.5. The van der Waals surface area contributed by atoms with Crippen LogP contribution < -0.4 is 15.9 Å². The van der Waals surface area contributed by atoms with Crippen LogP contribution in [-0.4, -0.2) is 0 Å². The quantitative estimate of drug-likeness (QED) is 0.246. The van der Waals surface area contributed by atoms with Crippen LogP contribution >= 0.6 is 36.7 Å². The minimum absolute atomic E-state index is 0.190. The van der Waals surface area contributed by atoms with E-state index in [9.17, 15) is 4.39 Å². The summed E-state index contributed by atoms with van der Waals surface area (Å²) in [6.07, 6.45) is 0.537. The molecule has 0 fully saturated rings. The predicted molar refractivity (Wildman–Crippen MR) is 132 cm³/mol. The first-order valence-corrected chi connectivity index (χ1v) is 14.6. The zero-order chi connectivity index (χ0) is 20.3. The topological polar surface area (TPSA) is 0 Å². The monoisotopic (exact) mass is 528 g/mol. The molecule has 0 aliphatic carbocycles. The van der Waals surface area contributed by atoms with Gasteiger partial charge >= 0.3 is 188 Å². The molecule has 0 radical (unpaired) electrons. The molecule has 4 aromatic rings. The predicted octanol–water partition coefficient (Wildman–Crippen LogP) is 6.93. The molecule has 0 N–H and O–H groups in total. The normalized spacial score (nSPS) is 12.9. The molecule has 0 bridgehead atoms. The van der Waals surface area contributed by atoms with E-state index in [0.717, 1.165) is 4.47 Å². The summed E-state index contributed by atoms with van der Waals surface area (Å²) < 4.78 is 15.9. The van der Waals surface area contributed by atoms with E-state index in [4.69, 9.17) is 0 Å². The van der Waals surface area contributed by atoms with Crippen LogP contribution in [0.25, 0.3) is 0 Å². The molecule has 4 heteroatoms. The van der Waals surface area contributed by atoms with Gasteiger partial charge in [-0.1, -0.05) is 0 Å². The van der Waals surface area contributed by atoms with E-state index in [1.807, 2.05) is 24.3 Å². The van der Waals surface area contributed by atoms with E-state index in [0.29, 0.717) is 11.7 Å². The second-order valence-corrected chi connectivity index (χ2v) is 16.9. The fraction of sp³-hybridized carbons (Fsp3) is 0.0400. The van der Waals surface area contributed by atoms with Crippen molar-refractivity contribution in [2.75, 3.05) is 0 Å². The van der Waals surface area contributed by atoms with Crippen LogP contribution in [0.4, 0.5) is 4.39 Å². The Labute approximate surface area is 187 Å². The second-order valence-electron chi connectivity index (χ2n) is 7.08. The Morgan fingerprint density at radius 3 is 1.45 bits per heavy atom. The maximum absolute atomic E-state index is 15.0. The van der Waals surface area contributed by atoms with Crippen molar-refractivity contribution in [2.24, 2.45) is 0 Å². The van der Waals surface area contributed by atoms with Gasteiger partial charge in [-0.3, -0.25) is 0 Å². The number of halogens is 3. The summed E-state index contributed by atoms with van der Waals surface area (Å²) in [7, 11) is 0. The summed E-state index contributed by atoms with van der Waals surface area (Å²) in [6.45, 7) is 0. The van der Waals surface area contributed by atoms with Gasteiger partial charge in [0.15, 0.2) is 0 Å². The molecule has 0 heterocycles. The molecule has 0 spiro atoms. The van der Waals surface area contributed by atoms with Crippen LogP contribution in [0.1, 0.15) is 5.56 Å². The Morgan fingerprint density at radius 2 is 1.03 bits per heavy atom. The molecular formula is C25H20Br2FP. The zero-order valence-electron chi connectivity index (χ0n) is 15.7. The number of hydrogen-bond donors (Lipinski definition) is 0. The van der Waals surface area contributed by atoms with E-state index >= 15 is 0 Å². The molecule has 0 unspecified atom stereocenters. The van der Waals surface area contributed by atoms with Crippen molar-refractivity contribution in [1.29, 1.82) is 0 Å². The van der Waals surface area contributed by atoms with Crippen molar-refractivity contribution in [2.45, 2.75) is 6.16 Å². The van der Waals surface area contributed by atoms with Gasteiger partial charge in [0, 0.05) is 0 Å². The third-order valence-corrected chi connectivity index (χ3v) is 15.3. The number of benzene rings is 4. The molecule has 4 aromatic carbocycles. The Bertz CT molecular complexity index is 1020. The first-order valence-electron chi connectivity index (χ1n) is 9.36. The fourth-order valence-electron chi connectivity index (χ4n) is 3.92. The first-order chi connectivity index (χ1) is 14.0. The van der Waals surface area contributed by atoms with Gasteiger partial charge in [0.05, 0.1) is 0 Å². The van der Waals surface area contributed by atoms with Gasteiger partial charge in [-0.25, -0.2) is 0 Å². The van der Waals surface area contributed by atoms with Crippen molar-refractivity contribution in [3.63, 3.8) is 0 Å². The van der Waals surface area contributed by atoms with E-state index < -0.39 is 5.31 Å². The first kappa shape index (κ1) is 20.5. The fourth-order valence-corrected chi connectivity index (χ4v) is 12.0. The van der Waals surface area contributed by atoms with Crippen LogP contribution in [0.2, 0.25) is 0 Å². The average Bonchev–Trinajstić information content (AvgIpc) is 2.78.